The maximum Gasteiger partial charge on any atom is 0.253 e. The molecule has 4 N–H and O–H groups in total. The summed E-state index contributed by atoms with van der Waals surface area (Å²) >= 11 is 0. The average Bonchev–Trinajstić information content (AvgIpc) is 2.89. The van der Waals surface area contributed by atoms with Gasteiger partial charge in [0.25, 0.3) is 11.5 Å². The average molecular weight is 517 g/mol. The first-order valence-electron chi connectivity index (χ1n) is 12.5. The highest BCUT2D eigenvalue weighted by atomic mass is 16.2. The molecule has 0 radical (unpaired) electrons. The zero-order valence-electron chi connectivity index (χ0n) is 22.5. The number of nitrogens with two attached hydrogens (primary N) is 1. The van der Waals surface area contributed by atoms with Crippen LogP contribution >= 0.6 is 0 Å². The van der Waals surface area contributed by atoms with Crippen LogP contribution in [-0.2, 0) is 11.3 Å². The molecule has 0 bridgehead atoms. The molecule has 0 saturated carbocycles. The third kappa shape index (κ3) is 7.39. The standard InChI is InChI=1S/C26H31N5O2.C3H5NO/c1-17-5-6-20(21-7-8-24(27-15-21)31-11-9-30(4)10-12-31)14-22(17)25(32)28-16-23-18(2)13-19(3)29-26(23)33;1-2-3(4)5/h5-8,13-15H,9-12,16H2,1-4H3,(H,28,32)(H,29,33);2H,1H2,(H2,4,5). The van der Waals surface area contributed by atoms with Crippen LogP contribution in [0.2, 0.25) is 0 Å². The molecule has 1 aliphatic heterocycles. The summed E-state index contributed by atoms with van der Waals surface area (Å²) in [6.45, 7) is 12.9. The van der Waals surface area contributed by atoms with Crippen molar-refractivity contribution in [1.82, 2.24) is 20.2 Å². The first-order valence-corrected chi connectivity index (χ1v) is 12.5. The Kier molecular flexibility index (Phi) is 9.56. The minimum Gasteiger partial charge on any atom is -0.366 e. The third-order valence-corrected chi connectivity index (χ3v) is 6.51. The molecule has 1 fully saturated rings. The molecule has 0 unspecified atom stereocenters. The van der Waals surface area contributed by atoms with Crippen molar-refractivity contribution in [1.29, 1.82) is 0 Å². The number of carbonyl (C=O) groups excluding carboxylic acids is 2. The Hall–Kier alpha value is -4.24. The van der Waals surface area contributed by atoms with E-state index >= 15 is 0 Å². The predicted octanol–water partition coefficient (Wildman–Crippen LogP) is 2.70. The molecule has 0 aliphatic carbocycles. The molecule has 2 aromatic heterocycles. The fourth-order valence-corrected chi connectivity index (χ4v) is 4.19. The zero-order chi connectivity index (χ0) is 27.8. The Morgan fingerprint density at radius 3 is 2.29 bits per heavy atom. The van der Waals surface area contributed by atoms with Gasteiger partial charge in [0.15, 0.2) is 0 Å². The van der Waals surface area contributed by atoms with Crippen LogP contribution < -0.4 is 21.5 Å². The molecule has 3 heterocycles. The second kappa shape index (κ2) is 12.8. The van der Waals surface area contributed by atoms with Crippen molar-refractivity contribution in [3.05, 3.63) is 93.6 Å². The normalized spacial score (nSPS) is 13.3. The molecule has 1 aromatic carbocycles. The summed E-state index contributed by atoms with van der Waals surface area (Å²) in [5, 5.41) is 2.91. The van der Waals surface area contributed by atoms with Gasteiger partial charge in [-0.1, -0.05) is 18.7 Å². The minimum absolute atomic E-state index is 0.162. The number of aromatic nitrogens is 2. The monoisotopic (exact) mass is 516 g/mol. The van der Waals surface area contributed by atoms with E-state index in [9.17, 15) is 14.4 Å². The van der Waals surface area contributed by atoms with Crippen molar-refractivity contribution in [2.45, 2.75) is 27.3 Å². The Morgan fingerprint density at radius 1 is 1.05 bits per heavy atom. The van der Waals surface area contributed by atoms with E-state index in [4.69, 9.17) is 0 Å². The van der Waals surface area contributed by atoms with Gasteiger partial charge in [-0.15, -0.1) is 0 Å². The zero-order valence-corrected chi connectivity index (χ0v) is 22.5. The van der Waals surface area contributed by atoms with Gasteiger partial charge in [-0.25, -0.2) is 4.98 Å². The Bertz CT molecular complexity index is 1360. The SMILES string of the molecule is C=CC(N)=O.Cc1cc(C)c(CNC(=O)c2cc(-c3ccc(N4CCN(C)CC4)nc3)ccc2C)c(=O)[nH]1. The maximum atomic E-state index is 12.9. The van der Waals surface area contributed by atoms with E-state index in [0.29, 0.717) is 11.1 Å². The second-order valence-corrected chi connectivity index (χ2v) is 9.46. The quantitative estimate of drug-likeness (QED) is 0.433. The fraction of sp³-hybridized carbons (Fsp3) is 0.310. The highest BCUT2D eigenvalue weighted by Crippen LogP contribution is 2.24. The molecular weight excluding hydrogens is 480 g/mol. The van der Waals surface area contributed by atoms with Crippen LogP contribution in [0, 0.1) is 20.8 Å². The van der Waals surface area contributed by atoms with Gasteiger partial charge in [0.2, 0.25) is 5.91 Å². The van der Waals surface area contributed by atoms with E-state index < -0.39 is 5.91 Å². The van der Waals surface area contributed by atoms with Crippen molar-refractivity contribution in [2.75, 3.05) is 38.1 Å². The lowest BCUT2D eigenvalue weighted by molar-refractivity contribution is -0.113. The topological polar surface area (TPSA) is 124 Å². The molecule has 9 nitrogen and oxygen atoms in total. The van der Waals surface area contributed by atoms with Gasteiger partial charge in [-0.3, -0.25) is 14.4 Å². The number of anilines is 1. The number of likely N-dealkylation sites (N-methyl/N-ethyl adjacent to an activating group) is 1. The highest BCUT2D eigenvalue weighted by molar-refractivity contribution is 5.96. The number of nitrogens with one attached hydrogen (secondary N) is 2. The van der Waals surface area contributed by atoms with Crippen LogP contribution in [0.25, 0.3) is 11.1 Å². The molecule has 4 rings (SSSR count). The summed E-state index contributed by atoms with van der Waals surface area (Å²) in [4.78, 5) is 46.8. The molecule has 1 aliphatic rings. The first-order chi connectivity index (χ1) is 18.1. The first kappa shape index (κ1) is 28.3. The number of piperazine rings is 1. The summed E-state index contributed by atoms with van der Waals surface area (Å²) < 4.78 is 0. The van der Waals surface area contributed by atoms with Gasteiger partial charge in [0.05, 0.1) is 0 Å². The summed E-state index contributed by atoms with van der Waals surface area (Å²) in [6, 6.07) is 11.9. The van der Waals surface area contributed by atoms with E-state index in [1.807, 2.05) is 57.3 Å². The van der Waals surface area contributed by atoms with E-state index in [1.54, 1.807) is 0 Å². The van der Waals surface area contributed by atoms with Gasteiger partial charge < -0.3 is 25.8 Å². The van der Waals surface area contributed by atoms with Gasteiger partial charge in [0, 0.05) is 61.3 Å². The van der Waals surface area contributed by atoms with Crippen molar-refractivity contribution in [3.8, 4) is 11.1 Å². The van der Waals surface area contributed by atoms with Crippen molar-refractivity contribution >= 4 is 17.6 Å². The number of benzene rings is 1. The van der Waals surface area contributed by atoms with Crippen LogP contribution in [0.15, 0.2) is 60.0 Å². The number of hydrogen-bond acceptors (Lipinski definition) is 6. The molecular formula is C29H36N6O3. The molecule has 1 saturated heterocycles. The van der Waals surface area contributed by atoms with Crippen molar-refractivity contribution in [2.24, 2.45) is 5.73 Å². The molecule has 0 atom stereocenters. The van der Waals surface area contributed by atoms with Crippen LogP contribution in [0.1, 0.15) is 32.7 Å². The van der Waals surface area contributed by atoms with Gasteiger partial charge >= 0.3 is 0 Å². The van der Waals surface area contributed by atoms with Gasteiger partial charge in [0.1, 0.15) is 5.82 Å². The molecule has 3 aromatic rings. The molecule has 200 valence electrons. The lowest BCUT2D eigenvalue weighted by atomic mass is 10.00. The molecule has 9 heteroatoms. The second-order valence-electron chi connectivity index (χ2n) is 9.46. The number of nitrogens with zero attached hydrogens (tertiary/aromatic N) is 3. The molecule has 38 heavy (non-hydrogen) atoms. The predicted molar refractivity (Wildman–Crippen MR) is 151 cm³/mol. The number of amides is 2. The molecule has 2 amide bonds. The van der Waals surface area contributed by atoms with Crippen LogP contribution in [-0.4, -0.2) is 59.9 Å². The number of aromatic amines is 1. The van der Waals surface area contributed by atoms with Gasteiger partial charge in [-0.05, 0) is 74.9 Å². The Labute approximate surface area is 223 Å². The number of aryl methyl sites for hydroxylation is 3. The fourth-order valence-electron chi connectivity index (χ4n) is 4.19. The van der Waals surface area contributed by atoms with Crippen LogP contribution in [0.5, 0.6) is 0 Å². The summed E-state index contributed by atoms with van der Waals surface area (Å²) in [6.07, 6.45) is 2.93. The number of primary amides is 1. The lowest BCUT2D eigenvalue weighted by Crippen LogP contribution is -2.44. The number of hydrogen-bond donors (Lipinski definition) is 3. The van der Waals surface area contributed by atoms with Crippen molar-refractivity contribution < 1.29 is 9.59 Å². The summed E-state index contributed by atoms with van der Waals surface area (Å²) in [5.41, 5.74) is 10.0. The molecule has 0 spiro atoms. The summed E-state index contributed by atoms with van der Waals surface area (Å²) in [7, 11) is 2.14. The van der Waals surface area contributed by atoms with Gasteiger partial charge in [-0.2, -0.15) is 0 Å². The Morgan fingerprint density at radius 2 is 1.71 bits per heavy atom. The number of H-pyrrole nitrogens is 1. The maximum absolute atomic E-state index is 12.9. The number of carbonyl (C=O) groups is 2. The largest absolute Gasteiger partial charge is 0.366 e. The van der Waals surface area contributed by atoms with Crippen LogP contribution in [0.3, 0.4) is 0 Å². The van der Waals surface area contributed by atoms with E-state index in [1.165, 1.54) is 0 Å². The number of pyridine rings is 2. The summed E-state index contributed by atoms with van der Waals surface area (Å²) in [5.74, 6) is 0.302. The smallest absolute Gasteiger partial charge is 0.253 e. The number of rotatable bonds is 6. The Balaban J connectivity index is 0.000000732. The highest BCUT2D eigenvalue weighted by Gasteiger charge is 2.16. The van der Waals surface area contributed by atoms with Crippen LogP contribution in [0.4, 0.5) is 5.82 Å². The van der Waals surface area contributed by atoms with E-state index in [2.05, 4.69) is 50.5 Å². The lowest BCUT2D eigenvalue weighted by Gasteiger charge is -2.33. The van der Waals surface area contributed by atoms with E-state index in [0.717, 1.165) is 66.0 Å². The third-order valence-electron chi connectivity index (χ3n) is 6.51. The van der Waals surface area contributed by atoms with Crippen molar-refractivity contribution in [3.63, 3.8) is 0 Å². The van der Waals surface area contributed by atoms with E-state index in [-0.39, 0.29) is 18.0 Å². The minimum atomic E-state index is -0.481.